The fourth-order valence-electron chi connectivity index (χ4n) is 8.86. The Morgan fingerprint density at radius 1 is 0.308 bits per heavy atom. The third-order valence-electron chi connectivity index (χ3n) is 13.0. The third-order valence-corrected chi connectivity index (χ3v) is 13.0. The number of hydrogen-bond acceptors (Lipinski definition) is 9. The van der Waals surface area contributed by atoms with Gasteiger partial charge >= 0.3 is 0 Å². The molecule has 0 radical (unpaired) electrons. The topological polar surface area (TPSA) is 139 Å². The Hall–Kier alpha value is -10.5. The van der Waals surface area contributed by atoms with Crippen molar-refractivity contribution in [2.45, 2.75) is 41.5 Å². The quantitative estimate of drug-likeness (QED) is 0.0558. The second kappa shape index (κ2) is 26.6. The van der Waals surface area contributed by atoms with Crippen molar-refractivity contribution in [1.82, 2.24) is 0 Å². The average molecular weight is 1030 g/mol. The second-order valence-corrected chi connectivity index (χ2v) is 17.3. The molecule has 0 aliphatic heterocycles. The summed E-state index contributed by atoms with van der Waals surface area (Å²) in [6, 6.07) is 41.4. The molecule has 12 nitrogen and oxygen atoms in total. The average Bonchev–Trinajstić information content (AvgIpc) is 3.65. The van der Waals surface area contributed by atoms with Crippen LogP contribution in [0.2, 0.25) is 0 Å². The molecule has 0 amide bonds. The molecule has 0 aromatic heterocycles. The number of benzene rings is 7. The summed E-state index contributed by atoms with van der Waals surface area (Å²) in [7, 11) is 0. The van der Waals surface area contributed by atoms with Crippen LogP contribution in [-0.4, -0.2) is 54.0 Å². The van der Waals surface area contributed by atoms with Crippen LogP contribution < -0.4 is 14.7 Å². The fraction of sp³-hybridized carbons (Fsp3) is 0.182. The molecule has 7 aromatic carbocycles. The zero-order valence-corrected chi connectivity index (χ0v) is 44.2. The second-order valence-electron chi connectivity index (χ2n) is 17.3. The summed E-state index contributed by atoms with van der Waals surface area (Å²) in [4.78, 5) is 41.5. The first-order valence-corrected chi connectivity index (χ1v) is 25.5. The Balaban J connectivity index is 1.60. The van der Waals surface area contributed by atoms with Crippen LogP contribution in [0.15, 0.2) is 146 Å². The summed E-state index contributed by atoms with van der Waals surface area (Å²) >= 11 is 0. The normalized spacial score (nSPS) is 9.92. The minimum absolute atomic E-state index is 0.162. The van der Waals surface area contributed by atoms with Gasteiger partial charge in [-0.25, -0.2) is 0 Å². The molecule has 0 aliphatic rings. The van der Waals surface area contributed by atoms with Crippen LogP contribution in [0.5, 0.6) is 0 Å². The van der Waals surface area contributed by atoms with Crippen LogP contribution in [0.4, 0.5) is 34.1 Å². The van der Waals surface area contributed by atoms with E-state index in [0.717, 1.165) is 73.0 Å². The van der Waals surface area contributed by atoms with E-state index in [1.54, 1.807) is 36.4 Å². The molecule has 384 valence electrons. The summed E-state index contributed by atoms with van der Waals surface area (Å²) in [5.41, 5.74) is 8.49. The summed E-state index contributed by atoms with van der Waals surface area (Å²) in [6.45, 7) is 17.6. The van der Waals surface area contributed by atoms with Crippen LogP contribution in [-0.2, 0) is 0 Å². The van der Waals surface area contributed by atoms with Gasteiger partial charge in [-0.1, -0.05) is 35.5 Å². The number of non-ortho nitro benzene ring substituents is 3. The fourth-order valence-corrected chi connectivity index (χ4v) is 8.86. The van der Waals surface area contributed by atoms with E-state index in [0.29, 0.717) is 50.1 Å². The van der Waals surface area contributed by atoms with Crippen molar-refractivity contribution in [1.29, 1.82) is 0 Å². The molecule has 12 heteroatoms. The molecule has 0 saturated heterocycles. The van der Waals surface area contributed by atoms with Gasteiger partial charge in [-0.15, -0.1) is 0 Å². The van der Waals surface area contributed by atoms with Gasteiger partial charge < -0.3 is 14.7 Å². The highest BCUT2D eigenvalue weighted by molar-refractivity contribution is 5.99. The van der Waals surface area contributed by atoms with Crippen LogP contribution in [0.3, 0.4) is 0 Å². The van der Waals surface area contributed by atoms with Crippen LogP contribution in [0.25, 0.3) is 33.4 Å². The highest BCUT2D eigenvalue weighted by atomic mass is 16.6. The summed E-state index contributed by atoms with van der Waals surface area (Å²) < 4.78 is 0. The van der Waals surface area contributed by atoms with Gasteiger partial charge in [0, 0.05) is 143 Å². The van der Waals surface area contributed by atoms with Crippen molar-refractivity contribution >= 4 is 34.1 Å². The Kier molecular flexibility index (Phi) is 18.9. The van der Waals surface area contributed by atoms with E-state index in [1.165, 1.54) is 36.4 Å². The SMILES string of the molecule is CCN(CC)c1ccc(C#CC#Cc2c(-c3ccc([N+](=O)[O-])cc3)c(C#CC#Cc3ccc(N(CC)CC)cc3)c(-c3ccc([N+](=O)[O-])cc3)c(C#CC#Cc3ccc(N(CC)CC)cc3)c2-c2ccc([N+](=O)[O-])cc2)cc1. The van der Waals surface area contributed by atoms with Crippen molar-refractivity contribution in [3.05, 3.63) is 209 Å². The van der Waals surface area contributed by atoms with Crippen molar-refractivity contribution in [2.24, 2.45) is 0 Å². The minimum Gasteiger partial charge on any atom is -0.372 e. The van der Waals surface area contributed by atoms with Crippen molar-refractivity contribution in [3.8, 4) is 104 Å². The lowest BCUT2D eigenvalue weighted by atomic mass is 9.79. The number of anilines is 3. The predicted octanol–water partition coefficient (Wildman–Crippen LogP) is 13.2. The number of nitrogens with zero attached hydrogens (tertiary/aromatic N) is 6. The first-order chi connectivity index (χ1) is 37.9. The van der Waals surface area contributed by atoms with Crippen LogP contribution in [0.1, 0.15) is 74.9 Å². The molecule has 0 unspecified atom stereocenters. The molecule has 0 spiro atoms. The maximum atomic E-state index is 12.1. The lowest BCUT2D eigenvalue weighted by Gasteiger charge is -2.21. The minimum atomic E-state index is -0.497. The zero-order valence-electron chi connectivity index (χ0n) is 44.2. The van der Waals surface area contributed by atoms with Crippen molar-refractivity contribution < 1.29 is 14.8 Å². The Labute approximate surface area is 456 Å². The van der Waals surface area contributed by atoms with Gasteiger partial charge in [-0.3, -0.25) is 30.3 Å². The third kappa shape index (κ3) is 13.4. The summed E-state index contributed by atoms with van der Waals surface area (Å²) in [5.74, 6) is 37.7. The number of nitro benzene ring substituents is 3. The van der Waals surface area contributed by atoms with Gasteiger partial charge in [0.1, 0.15) is 0 Å². The molecule has 0 bridgehead atoms. The van der Waals surface area contributed by atoms with E-state index in [2.05, 4.69) is 127 Å². The molecular formula is C66H54N6O6. The van der Waals surface area contributed by atoms with Crippen LogP contribution >= 0.6 is 0 Å². The number of nitro groups is 3. The Bertz CT molecular complexity index is 3320. The number of hydrogen-bond donors (Lipinski definition) is 0. The standard InChI is InChI=1S/C66H54N6O6/c1-7-67(8-2)55-37-25-49(26-38-55)19-13-16-22-61-64(52-31-43-58(44-32-52)70(73)74)62(23-17-14-20-50-27-39-56(40-28-50)68(9-3)10-4)66(54-35-47-60(48-36-54)72(77)78)63(65(61)53-33-45-59(46-34-53)71(75)76)24-18-15-21-51-29-41-57(42-30-51)69(11-5)12-6/h25-48H,7-12H2,1-6H3. The monoisotopic (exact) mass is 1030 g/mol. The van der Waals surface area contributed by atoms with Gasteiger partial charge in [0.05, 0.1) is 14.8 Å². The molecule has 7 aromatic rings. The van der Waals surface area contributed by atoms with E-state index in [-0.39, 0.29) is 17.1 Å². The first-order valence-electron chi connectivity index (χ1n) is 25.5. The lowest BCUT2D eigenvalue weighted by Crippen LogP contribution is -2.21. The molecule has 7 rings (SSSR count). The van der Waals surface area contributed by atoms with Gasteiger partial charge in [-0.05, 0) is 203 Å². The molecule has 78 heavy (non-hydrogen) atoms. The van der Waals surface area contributed by atoms with Crippen molar-refractivity contribution in [2.75, 3.05) is 54.0 Å². The van der Waals surface area contributed by atoms with Crippen molar-refractivity contribution in [3.63, 3.8) is 0 Å². The van der Waals surface area contributed by atoms with Gasteiger partial charge in [0.25, 0.3) is 17.1 Å². The lowest BCUT2D eigenvalue weighted by molar-refractivity contribution is -0.385. The molecule has 0 heterocycles. The molecule has 0 atom stereocenters. The van der Waals surface area contributed by atoms with Gasteiger partial charge in [0.2, 0.25) is 0 Å². The van der Waals surface area contributed by atoms with E-state index >= 15 is 0 Å². The maximum Gasteiger partial charge on any atom is 0.269 e. The van der Waals surface area contributed by atoms with E-state index < -0.39 is 14.8 Å². The first kappa shape index (κ1) is 55.3. The molecule has 0 N–H and O–H groups in total. The summed E-state index contributed by atoms with van der Waals surface area (Å²) in [5, 5.41) is 36.3. The maximum absolute atomic E-state index is 12.1. The van der Waals surface area contributed by atoms with Gasteiger partial charge in [-0.2, -0.15) is 0 Å². The smallest absolute Gasteiger partial charge is 0.269 e. The van der Waals surface area contributed by atoms with E-state index in [1.807, 2.05) is 72.8 Å². The molecule has 0 saturated carbocycles. The molecule has 0 fully saturated rings. The zero-order chi connectivity index (χ0) is 55.6. The Morgan fingerprint density at radius 2 is 0.513 bits per heavy atom. The number of rotatable bonds is 15. The molecular weight excluding hydrogens is 973 g/mol. The molecule has 0 aliphatic carbocycles. The highest BCUT2D eigenvalue weighted by Gasteiger charge is 2.26. The van der Waals surface area contributed by atoms with E-state index in [4.69, 9.17) is 0 Å². The Morgan fingerprint density at radius 3 is 0.705 bits per heavy atom. The predicted molar refractivity (Wildman–Crippen MR) is 314 cm³/mol. The largest absolute Gasteiger partial charge is 0.372 e. The highest BCUT2D eigenvalue weighted by Crippen LogP contribution is 2.45. The van der Waals surface area contributed by atoms with Crippen LogP contribution in [0, 0.1) is 101 Å². The van der Waals surface area contributed by atoms with E-state index in [9.17, 15) is 30.3 Å². The van der Waals surface area contributed by atoms with Gasteiger partial charge in [0.15, 0.2) is 0 Å². The summed E-state index contributed by atoms with van der Waals surface area (Å²) in [6.07, 6.45) is 0.